The van der Waals surface area contributed by atoms with Crippen LogP contribution in [0.2, 0.25) is 0 Å². The van der Waals surface area contributed by atoms with Gasteiger partial charge in [0.05, 0.1) is 34.4 Å². The molecule has 40 heavy (non-hydrogen) atoms. The van der Waals surface area contributed by atoms with Crippen molar-refractivity contribution in [2.45, 2.75) is 57.9 Å². The molecule has 0 saturated heterocycles. The minimum Gasteiger partial charge on any atom is -0.354 e. The fourth-order valence-corrected chi connectivity index (χ4v) is 6.57. The molecule has 8 heteroatoms. The Morgan fingerprint density at radius 2 is 1.98 bits per heavy atom. The summed E-state index contributed by atoms with van der Waals surface area (Å²) in [7, 11) is 0. The van der Waals surface area contributed by atoms with Crippen LogP contribution in [0.25, 0.3) is 16.8 Å². The van der Waals surface area contributed by atoms with E-state index in [-0.39, 0.29) is 5.91 Å². The normalized spacial score (nSPS) is 23.5. The van der Waals surface area contributed by atoms with E-state index in [1.165, 1.54) is 12.8 Å². The largest absolute Gasteiger partial charge is 0.354 e. The number of hydrogen-bond acceptors (Lipinski definition) is 6. The number of terminal acetylenes is 1. The summed E-state index contributed by atoms with van der Waals surface area (Å²) in [6.45, 7) is 5.55. The number of carbonyl (C=O) groups excluding carboxylic acids is 1. The molecule has 2 aromatic heterocycles. The van der Waals surface area contributed by atoms with Crippen LogP contribution in [-0.4, -0.2) is 33.0 Å². The summed E-state index contributed by atoms with van der Waals surface area (Å²) in [4.78, 5) is 11.4. The second kappa shape index (κ2) is 10.1. The van der Waals surface area contributed by atoms with E-state index in [1.807, 2.05) is 40.9 Å². The van der Waals surface area contributed by atoms with Gasteiger partial charge in [0.15, 0.2) is 0 Å². The predicted octanol–water partition coefficient (Wildman–Crippen LogP) is 5.46. The number of hydrogen-bond donors (Lipinski definition) is 2. The van der Waals surface area contributed by atoms with Crippen molar-refractivity contribution in [1.29, 1.82) is 5.26 Å². The van der Waals surface area contributed by atoms with E-state index >= 15 is 0 Å². The molecule has 0 bridgehead atoms. The number of nitriles is 1. The number of nitrogens with zero attached hydrogens (tertiary/aromatic N) is 5. The molecule has 3 heterocycles. The number of benzene rings is 1. The maximum atomic E-state index is 11.4. The zero-order chi connectivity index (χ0) is 27.9. The van der Waals surface area contributed by atoms with Crippen molar-refractivity contribution in [1.82, 2.24) is 14.9 Å². The predicted molar refractivity (Wildman–Crippen MR) is 157 cm³/mol. The van der Waals surface area contributed by atoms with Crippen molar-refractivity contribution in [3.05, 3.63) is 66.0 Å². The van der Waals surface area contributed by atoms with Gasteiger partial charge in [-0.25, -0.2) is 4.52 Å². The average Bonchev–Trinajstić information content (AvgIpc) is 3.59. The number of amides is 1. The molecule has 0 atom stereocenters. The maximum absolute atomic E-state index is 11.4. The van der Waals surface area contributed by atoms with E-state index in [4.69, 9.17) is 6.42 Å². The molecule has 200 valence electrons. The summed E-state index contributed by atoms with van der Waals surface area (Å²) < 4.78 is 1.82. The molecule has 8 nitrogen and oxygen atoms in total. The van der Waals surface area contributed by atoms with Crippen LogP contribution in [0.15, 0.2) is 65.1 Å². The van der Waals surface area contributed by atoms with Gasteiger partial charge in [-0.05, 0) is 68.2 Å². The van der Waals surface area contributed by atoms with Crippen molar-refractivity contribution < 1.29 is 4.79 Å². The maximum Gasteiger partial charge on any atom is 0.217 e. The van der Waals surface area contributed by atoms with Gasteiger partial charge in [-0.3, -0.25) is 4.79 Å². The standard InChI is InChI=1S/C32H31N7O/c1-4-20(2)35-29-14-23(31-8-6-26-13-22(18-33)19-34-39(26)31)5-7-27(29)30-15-28(37-38-30)24-16-32(17-24)11-9-25(10-12-32)36-21(3)40/h1,5-8,13-14,19,24-25,35H,2,9-12,15-17H2,3H3,(H,36,40). The van der Waals surface area contributed by atoms with Crippen LogP contribution in [0.3, 0.4) is 0 Å². The van der Waals surface area contributed by atoms with Gasteiger partial charge < -0.3 is 10.6 Å². The lowest BCUT2D eigenvalue weighted by molar-refractivity contribution is -0.120. The fraction of sp³-hybridized carbons (Fsp3) is 0.344. The van der Waals surface area contributed by atoms with E-state index < -0.39 is 0 Å². The van der Waals surface area contributed by atoms with Crippen LogP contribution in [0.1, 0.15) is 63.0 Å². The van der Waals surface area contributed by atoms with E-state index in [0.29, 0.717) is 28.6 Å². The van der Waals surface area contributed by atoms with Crippen LogP contribution < -0.4 is 10.6 Å². The van der Waals surface area contributed by atoms with Gasteiger partial charge in [-0.2, -0.15) is 20.6 Å². The van der Waals surface area contributed by atoms with Crippen molar-refractivity contribution >= 4 is 28.5 Å². The van der Waals surface area contributed by atoms with Gasteiger partial charge in [0.2, 0.25) is 5.91 Å². The van der Waals surface area contributed by atoms with Crippen molar-refractivity contribution in [3.8, 4) is 29.7 Å². The monoisotopic (exact) mass is 529 g/mol. The molecule has 2 aliphatic carbocycles. The Labute approximate surface area is 233 Å². The molecule has 6 rings (SSSR count). The van der Waals surface area contributed by atoms with Crippen LogP contribution in [-0.2, 0) is 4.79 Å². The third kappa shape index (κ3) is 4.78. The minimum absolute atomic E-state index is 0.0675. The highest BCUT2D eigenvalue weighted by atomic mass is 16.1. The summed E-state index contributed by atoms with van der Waals surface area (Å²) in [6.07, 6.45) is 14.7. The Morgan fingerprint density at radius 3 is 2.70 bits per heavy atom. The third-order valence-electron chi connectivity index (χ3n) is 8.65. The highest BCUT2D eigenvalue weighted by Crippen LogP contribution is 2.55. The molecule has 2 fully saturated rings. The Balaban J connectivity index is 1.17. The summed E-state index contributed by atoms with van der Waals surface area (Å²) in [6, 6.07) is 14.3. The summed E-state index contributed by atoms with van der Waals surface area (Å²) in [5.41, 5.74) is 7.92. The van der Waals surface area contributed by atoms with Crippen LogP contribution in [0.5, 0.6) is 0 Å². The molecule has 2 saturated carbocycles. The molecule has 3 aromatic rings. The quantitative estimate of drug-likeness (QED) is 0.414. The van der Waals surface area contributed by atoms with Crippen LogP contribution in [0, 0.1) is 35.0 Å². The number of anilines is 1. The van der Waals surface area contributed by atoms with Gasteiger partial charge in [0, 0.05) is 47.8 Å². The van der Waals surface area contributed by atoms with Gasteiger partial charge in [0.1, 0.15) is 6.07 Å². The fourth-order valence-electron chi connectivity index (χ4n) is 6.57. The molecule has 0 unspecified atom stereocenters. The lowest BCUT2D eigenvalue weighted by Crippen LogP contribution is -2.47. The molecule has 1 spiro atoms. The molecule has 0 radical (unpaired) electrons. The van der Waals surface area contributed by atoms with E-state index in [9.17, 15) is 10.1 Å². The second-order valence-electron chi connectivity index (χ2n) is 11.3. The number of aromatic nitrogens is 2. The first-order valence-corrected chi connectivity index (χ1v) is 13.7. The molecule has 1 aromatic carbocycles. The smallest absolute Gasteiger partial charge is 0.217 e. The Bertz CT molecular complexity index is 1660. The summed E-state index contributed by atoms with van der Waals surface area (Å²) in [5, 5.41) is 29.3. The molecule has 3 aliphatic rings. The van der Waals surface area contributed by atoms with Gasteiger partial charge in [-0.1, -0.05) is 24.6 Å². The first kappa shape index (κ1) is 25.6. The van der Waals surface area contributed by atoms with E-state index in [0.717, 1.165) is 71.6 Å². The highest BCUT2D eigenvalue weighted by molar-refractivity contribution is 6.18. The first-order valence-electron chi connectivity index (χ1n) is 13.7. The van der Waals surface area contributed by atoms with Gasteiger partial charge in [-0.15, -0.1) is 6.42 Å². The van der Waals surface area contributed by atoms with Crippen molar-refractivity contribution in [2.75, 3.05) is 5.32 Å². The number of nitrogens with one attached hydrogen (secondary N) is 2. The number of allylic oxidation sites excluding steroid dienone is 1. The molecule has 1 aliphatic heterocycles. The lowest BCUT2D eigenvalue weighted by atomic mass is 9.54. The molecule has 2 N–H and O–H groups in total. The highest BCUT2D eigenvalue weighted by Gasteiger charge is 2.48. The lowest BCUT2D eigenvalue weighted by Gasteiger charge is -2.51. The van der Waals surface area contributed by atoms with Gasteiger partial charge in [0.25, 0.3) is 0 Å². The van der Waals surface area contributed by atoms with Crippen LogP contribution in [0.4, 0.5) is 5.69 Å². The third-order valence-corrected chi connectivity index (χ3v) is 8.65. The summed E-state index contributed by atoms with van der Waals surface area (Å²) in [5.74, 6) is 3.11. The number of carbonyl (C=O) groups is 1. The van der Waals surface area contributed by atoms with E-state index in [1.54, 1.807) is 13.1 Å². The van der Waals surface area contributed by atoms with Crippen molar-refractivity contribution in [3.63, 3.8) is 0 Å². The topological polar surface area (TPSA) is 107 Å². The van der Waals surface area contributed by atoms with Crippen LogP contribution >= 0.6 is 0 Å². The first-order chi connectivity index (χ1) is 19.4. The zero-order valence-electron chi connectivity index (χ0n) is 22.6. The SMILES string of the molecule is C#CC(=C)Nc1cc(-c2ccc3cc(C#N)cnn23)ccc1C1=NN=C(C2CC3(CCC(NC(C)=O)CC3)C2)C1. The summed E-state index contributed by atoms with van der Waals surface area (Å²) >= 11 is 0. The zero-order valence-corrected chi connectivity index (χ0v) is 22.6. The Kier molecular flexibility index (Phi) is 6.48. The molecular formula is C32H31N7O. The molecular weight excluding hydrogens is 498 g/mol. The average molecular weight is 530 g/mol. The van der Waals surface area contributed by atoms with Gasteiger partial charge >= 0.3 is 0 Å². The Morgan fingerprint density at radius 1 is 1.18 bits per heavy atom. The van der Waals surface area contributed by atoms with E-state index in [2.05, 4.69) is 44.5 Å². The second-order valence-corrected chi connectivity index (χ2v) is 11.3. The Hall–Kier alpha value is -4.69. The molecule has 1 amide bonds. The number of rotatable bonds is 6. The van der Waals surface area contributed by atoms with Crippen molar-refractivity contribution in [2.24, 2.45) is 21.5 Å². The number of fused-ring (bicyclic) bond motifs is 1. The minimum atomic E-state index is 0.0675.